The molecule has 0 saturated carbocycles. The Kier molecular flexibility index (Phi) is 6.26. The van der Waals surface area contributed by atoms with Crippen LogP contribution < -0.4 is 14.8 Å². The zero-order chi connectivity index (χ0) is 20.1. The van der Waals surface area contributed by atoms with Gasteiger partial charge in [-0.05, 0) is 38.0 Å². The van der Waals surface area contributed by atoms with Gasteiger partial charge in [0.1, 0.15) is 11.5 Å². The van der Waals surface area contributed by atoms with Crippen molar-refractivity contribution in [3.8, 4) is 11.5 Å². The third-order valence-corrected chi connectivity index (χ3v) is 5.06. The maximum Gasteiger partial charge on any atom is 0.256 e. The van der Waals surface area contributed by atoms with Crippen LogP contribution in [-0.2, 0) is 17.9 Å². The number of piperidine rings is 1. The lowest BCUT2D eigenvalue weighted by Gasteiger charge is -2.38. The van der Waals surface area contributed by atoms with Crippen molar-refractivity contribution < 1.29 is 23.8 Å². The minimum absolute atomic E-state index is 0.178. The Labute approximate surface area is 165 Å². The number of nitrogens with zero attached hydrogens (tertiary/aromatic N) is 1. The largest absolute Gasteiger partial charge is 0.493 e. The number of rotatable bonds is 8. The first kappa shape index (κ1) is 20.2. The molecule has 0 radical (unpaired) electrons. The van der Waals surface area contributed by atoms with Crippen molar-refractivity contribution >= 4 is 5.91 Å². The molecule has 1 aliphatic rings. The van der Waals surface area contributed by atoms with Gasteiger partial charge in [-0.15, -0.1) is 0 Å². The van der Waals surface area contributed by atoms with Gasteiger partial charge in [-0.25, -0.2) is 0 Å². The maximum atomic E-state index is 13.0. The van der Waals surface area contributed by atoms with Crippen molar-refractivity contribution in [3.63, 3.8) is 0 Å². The van der Waals surface area contributed by atoms with Crippen molar-refractivity contribution in [2.75, 3.05) is 27.3 Å². The molecule has 0 spiro atoms. The van der Waals surface area contributed by atoms with Gasteiger partial charge in [-0.3, -0.25) is 4.79 Å². The van der Waals surface area contributed by atoms with Crippen LogP contribution in [0.5, 0.6) is 11.5 Å². The number of benzene rings is 1. The first-order chi connectivity index (χ1) is 13.5. The molecular weight excluding hydrogens is 360 g/mol. The number of amides is 1. The number of methoxy groups -OCH3 is 2. The molecule has 1 aromatic carbocycles. The highest BCUT2D eigenvalue weighted by molar-refractivity contribution is 5.86. The zero-order valence-electron chi connectivity index (χ0n) is 16.7. The summed E-state index contributed by atoms with van der Waals surface area (Å²) in [5.74, 6) is 2.57. The SMILES string of the molecule is COc1cccc(CN2CCCC(O)(CNCc3ccc(C)o3)C2=O)c1OC. The Bertz CT molecular complexity index is 819. The van der Waals surface area contributed by atoms with Crippen molar-refractivity contribution in [2.45, 2.75) is 38.5 Å². The molecule has 0 aliphatic carbocycles. The summed E-state index contributed by atoms with van der Waals surface area (Å²) in [5, 5.41) is 14.1. The Morgan fingerprint density at radius 2 is 2.07 bits per heavy atom. The Hall–Kier alpha value is -2.51. The summed E-state index contributed by atoms with van der Waals surface area (Å²) in [7, 11) is 3.16. The molecule has 1 saturated heterocycles. The second kappa shape index (κ2) is 8.67. The van der Waals surface area contributed by atoms with Crippen LogP contribution in [0.4, 0.5) is 0 Å². The van der Waals surface area contributed by atoms with Crippen molar-refractivity contribution in [1.29, 1.82) is 0 Å². The number of para-hydroxylation sites is 1. The minimum Gasteiger partial charge on any atom is -0.493 e. The standard InChI is InChI=1S/C21H28N2O5/c1-15-8-9-17(28-15)12-22-14-21(25)10-5-11-23(20(21)24)13-16-6-4-7-18(26-2)19(16)27-3/h4,6-9,22,25H,5,10-14H2,1-3H3. The summed E-state index contributed by atoms with van der Waals surface area (Å²) in [6.07, 6.45) is 1.16. The number of aliphatic hydroxyl groups is 1. The molecule has 1 aromatic heterocycles. The summed E-state index contributed by atoms with van der Waals surface area (Å²) < 4.78 is 16.3. The molecule has 2 N–H and O–H groups in total. The van der Waals surface area contributed by atoms with Crippen molar-refractivity contribution in [2.24, 2.45) is 0 Å². The second-order valence-corrected chi connectivity index (χ2v) is 7.13. The first-order valence-corrected chi connectivity index (χ1v) is 9.44. The van der Waals surface area contributed by atoms with E-state index in [1.165, 1.54) is 0 Å². The number of aryl methyl sites for hydroxylation is 1. The fraction of sp³-hybridized carbons (Fsp3) is 0.476. The van der Waals surface area contributed by atoms with Crippen LogP contribution in [0.1, 0.15) is 29.9 Å². The smallest absolute Gasteiger partial charge is 0.256 e. The molecule has 0 bridgehead atoms. The number of likely N-dealkylation sites (tertiary alicyclic amines) is 1. The fourth-order valence-corrected chi connectivity index (χ4v) is 3.64. The molecular formula is C21H28N2O5. The van der Waals surface area contributed by atoms with E-state index in [1.807, 2.05) is 37.3 Å². The highest BCUT2D eigenvalue weighted by atomic mass is 16.5. The van der Waals surface area contributed by atoms with Gasteiger partial charge in [0, 0.05) is 25.2 Å². The predicted octanol–water partition coefficient (Wildman–Crippen LogP) is 2.25. The van der Waals surface area contributed by atoms with Gasteiger partial charge in [-0.2, -0.15) is 0 Å². The number of ether oxygens (including phenoxy) is 2. The molecule has 1 aliphatic heterocycles. The molecule has 2 aromatic rings. The van der Waals surface area contributed by atoms with Crippen LogP contribution in [0.15, 0.2) is 34.7 Å². The van der Waals surface area contributed by atoms with E-state index in [0.29, 0.717) is 37.6 Å². The second-order valence-electron chi connectivity index (χ2n) is 7.13. The van der Waals surface area contributed by atoms with E-state index in [1.54, 1.807) is 19.1 Å². The normalized spacial score (nSPS) is 19.7. The number of hydrogen-bond acceptors (Lipinski definition) is 6. The molecule has 1 atom stereocenters. The maximum absolute atomic E-state index is 13.0. The van der Waals surface area contributed by atoms with E-state index < -0.39 is 5.60 Å². The van der Waals surface area contributed by atoms with E-state index in [4.69, 9.17) is 13.9 Å². The van der Waals surface area contributed by atoms with Crippen LogP contribution in [0.3, 0.4) is 0 Å². The summed E-state index contributed by atoms with van der Waals surface area (Å²) in [5.41, 5.74) is -0.579. The summed E-state index contributed by atoms with van der Waals surface area (Å²) in [4.78, 5) is 14.7. The first-order valence-electron chi connectivity index (χ1n) is 9.44. The minimum atomic E-state index is -1.42. The van der Waals surface area contributed by atoms with Gasteiger partial charge in [0.05, 0.1) is 20.8 Å². The Morgan fingerprint density at radius 1 is 1.25 bits per heavy atom. The lowest BCUT2D eigenvalue weighted by molar-refractivity contribution is -0.157. The topological polar surface area (TPSA) is 84.2 Å². The van der Waals surface area contributed by atoms with Gasteiger partial charge in [0.2, 0.25) is 0 Å². The van der Waals surface area contributed by atoms with Gasteiger partial charge in [0.25, 0.3) is 5.91 Å². The van der Waals surface area contributed by atoms with E-state index in [0.717, 1.165) is 23.5 Å². The van der Waals surface area contributed by atoms with Gasteiger partial charge >= 0.3 is 0 Å². The summed E-state index contributed by atoms with van der Waals surface area (Å²) in [6.45, 7) is 3.48. The molecule has 3 rings (SSSR count). The zero-order valence-corrected chi connectivity index (χ0v) is 16.7. The number of nitrogens with one attached hydrogen (secondary N) is 1. The van der Waals surface area contributed by atoms with Crippen molar-refractivity contribution in [3.05, 3.63) is 47.4 Å². The summed E-state index contributed by atoms with van der Waals surface area (Å²) in [6, 6.07) is 9.36. The van der Waals surface area contributed by atoms with Crippen LogP contribution in [0, 0.1) is 6.92 Å². The van der Waals surface area contributed by atoms with E-state index >= 15 is 0 Å². The van der Waals surface area contributed by atoms with Crippen LogP contribution >= 0.6 is 0 Å². The predicted molar refractivity (Wildman–Crippen MR) is 104 cm³/mol. The van der Waals surface area contributed by atoms with E-state index in [2.05, 4.69) is 5.32 Å². The number of furan rings is 1. The summed E-state index contributed by atoms with van der Waals surface area (Å²) >= 11 is 0. The van der Waals surface area contributed by atoms with Gasteiger partial charge in [-0.1, -0.05) is 12.1 Å². The van der Waals surface area contributed by atoms with Crippen molar-refractivity contribution in [1.82, 2.24) is 10.2 Å². The Balaban J connectivity index is 1.66. The third kappa shape index (κ3) is 4.31. The van der Waals surface area contributed by atoms with Gasteiger partial charge < -0.3 is 29.2 Å². The molecule has 7 heteroatoms. The molecule has 1 unspecified atom stereocenters. The van der Waals surface area contributed by atoms with E-state index in [9.17, 15) is 9.90 Å². The van der Waals surface area contributed by atoms with E-state index in [-0.39, 0.29) is 12.5 Å². The van der Waals surface area contributed by atoms with Crippen LogP contribution in [0.2, 0.25) is 0 Å². The molecule has 7 nitrogen and oxygen atoms in total. The fourth-order valence-electron chi connectivity index (χ4n) is 3.64. The average Bonchev–Trinajstić information content (AvgIpc) is 3.10. The molecule has 1 fully saturated rings. The highest BCUT2D eigenvalue weighted by Crippen LogP contribution is 2.33. The number of carbonyl (C=O) groups is 1. The highest BCUT2D eigenvalue weighted by Gasteiger charge is 2.42. The third-order valence-electron chi connectivity index (χ3n) is 5.06. The van der Waals surface area contributed by atoms with Crippen LogP contribution in [0.25, 0.3) is 0 Å². The molecule has 152 valence electrons. The lowest BCUT2D eigenvalue weighted by atomic mass is 9.91. The van der Waals surface area contributed by atoms with Crippen LogP contribution in [-0.4, -0.2) is 48.8 Å². The molecule has 1 amide bonds. The average molecular weight is 388 g/mol. The number of hydrogen-bond donors (Lipinski definition) is 2. The molecule has 2 heterocycles. The lowest BCUT2D eigenvalue weighted by Crippen LogP contribution is -2.57. The van der Waals surface area contributed by atoms with Gasteiger partial charge in [0.15, 0.2) is 17.1 Å². The quantitative estimate of drug-likeness (QED) is 0.722. The number of carbonyl (C=O) groups excluding carboxylic acids is 1. The molecule has 28 heavy (non-hydrogen) atoms. The monoisotopic (exact) mass is 388 g/mol. The Morgan fingerprint density at radius 3 is 2.75 bits per heavy atom.